The topological polar surface area (TPSA) is 104 Å². The molecule has 0 amide bonds. The average molecular weight is 419 g/mol. The molecule has 0 radical (unpaired) electrons. The first-order valence-electron chi connectivity index (χ1n) is 10.6. The quantitative estimate of drug-likeness (QED) is 0.469. The van der Waals surface area contributed by atoms with E-state index >= 15 is 0 Å². The van der Waals surface area contributed by atoms with Crippen LogP contribution in [0.4, 0.5) is 17.6 Å². The number of carbonyl (C=O) groups is 1. The Morgan fingerprint density at radius 2 is 2.10 bits per heavy atom. The van der Waals surface area contributed by atoms with Crippen molar-refractivity contribution >= 4 is 28.9 Å². The Hall–Kier alpha value is -3.75. The molecule has 31 heavy (non-hydrogen) atoms. The predicted molar refractivity (Wildman–Crippen MR) is 120 cm³/mol. The second kappa shape index (κ2) is 8.95. The van der Waals surface area contributed by atoms with Crippen LogP contribution in [0.25, 0.3) is 5.52 Å². The first kappa shape index (κ1) is 20.5. The Kier molecular flexibility index (Phi) is 5.92. The van der Waals surface area contributed by atoms with Crippen LogP contribution in [-0.4, -0.2) is 42.1 Å². The van der Waals surface area contributed by atoms with Crippen LogP contribution in [-0.2, 0) is 0 Å². The molecule has 4 aromatic rings. The average Bonchev–Trinajstić information content (AvgIpc) is 3.56. The first-order valence-corrected chi connectivity index (χ1v) is 10.6. The van der Waals surface area contributed by atoms with Crippen molar-refractivity contribution in [2.75, 3.05) is 16.8 Å². The second-order valence-corrected chi connectivity index (χ2v) is 7.05. The van der Waals surface area contributed by atoms with Crippen molar-refractivity contribution in [2.24, 2.45) is 0 Å². The molecular formula is C22H26N8O. The van der Waals surface area contributed by atoms with Crippen LogP contribution < -0.4 is 10.2 Å². The molecule has 1 unspecified atom stereocenters. The fourth-order valence-electron chi connectivity index (χ4n) is 3.71. The van der Waals surface area contributed by atoms with E-state index in [1.807, 2.05) is 56.6 Å². The SMILES string of the molecule is CC.CC(=O)c1cc(Nc2nc(N3CCCC3c3ccccn3)nn3cccc23)n[nH]1. The summed E-state index contributed by atoms with van der Waals surface area (Å²) in [7, 11) is 0. The van der Waals surface area contributed by atoms with E-state index in [1.165, 1.54) is 6.92 Å². The van der Waals surface area contributed by atoms with Gasteiger partial charge in [-0.25, -0.2) is 4.52 Å². The predicted octanol–water partition coefficient (Wildman–Crippen LogP) is 4.16. The van der Waals surface area contributed by atoms with Gasteiger partial charge in [0.2, 0.25) is 5.95 Å². The van der Waals surface area contributed by atoms with Crippen LogP contribution in [0.2, 0.25) is 0 Å². The molecule has 160 valence electrons. The summed E-state index contributed by atoms with van der Waals surface area (Å²) < 4.78 is 1.80. The van der Waals surface area contributed by atoms with E-state index < -0.39 is 0 Å². The summed E-state index contributed by atoms with van der Waals surface area (Å²) in [5.74, 6) is 1.72. The van der Waals surface area contributed by atoms with E-state index in [9.17, 15) is 4.79 Å². The Morgan fingerprint density at radius 3 is 2.84 bits per heavy atom. The molecule has 9 heteroatoms. The van der Waals surface area contributed by atoms with E-state index in [4.69, 9.17) is 10.1 Å². The van der Waals surface area contributed by atoms with E-state index in [0.717, 1.165) is 30.6 Å². The molecule has 5 heterocycles. The molecule has 0 aromatic carbocycles. The van der Waals surface area contributed by atoms with Gasteiger partial charge in [-0.1, -0.05) is 19.9 Å². The number of carbonyl (C=O) groups excluding carboxylic acids is 1. The fourth-order valence-corrected chi connectivity index (χ4v) is 3.71. The monoisotopic (exact) mass is 418 g/mol. The summed E-state index contributed by atoms with van der Waals surface area (Å²) in [5.41, 5.74) is 2.30. The highest BCUT2D eigenvalue weighted by atomic mass is 16.1. The number of ketones is 1. The van der Waals surface area contributed by atoms with Gasteiger partial charge in [0.05, 0.1) is 11.7 Å². The number of hydrogen-bond donors (Lipinski definition) is 2. The van der Waals surface area contributed by atoms with Gasteiger partial charge in [-0.05, 0) is 37.1 Å². The van der Waals surface area contributed by atoms with Crippen LogP contribution >= 0.6 is 0 Å². The maximum Gasteiger partial charge on any atom is 0.246 e. The summed E-state index contributed by atoms with van der Waals surface area (Å²) in [5, 5.41) is 14.8. The molecule has 1 atom stereocenters. The second-order valence-electron chi connectivity index (χ2n) is 7.05. The molecule has 5 rings (SSSR count). The molecule has 1 aliphatic heterocycles. The molecule has 9 nitrogen and oxygen atoms in total. The van der Waals surface area contributed by atoms with Gasteiger partial charge in [0.1, 0.15) is 11.2 Å². The Labute approximate surface area is 180 Å². The third-order valence-corrected chi connectivity index (χ3v) is 5.12. The molecule has 1 aliphatic rings. The maximum absolute atomic E-state index is 11.5. The highest BCUT2D eigenvalue weighted by molar-refractivity contribution is 5.93. The lowest BCUT2D eigenvalue weighted by Gasteiger charge is -2.24. The van der Waals surface area contributed by atoms with E-state index in [-0.39, 0.29) is 11.8 Å². The lowest BCUT2D eigenvalue weighted by atomic mass is 10.1. The van der Waals surface area contributed by atoms with Crippen LogP contribution in [0.1, 0.15) is 55.8 Å². The highest BCUT2D eigenvalue weighted by Gasteiger charge is 2.30. The lowest BCUT2D eigenvalue weighted by Crippen LogP contribution is -2.26. The van der Waals surface area contributed by atoms with Crippen LogP contribution in [0.15, 0.2) is 48.8 Å². The van der Waals surface area contributed by atoms with Gasteiger partial charge in [-0.3, -0.25) is 14.9 Å². The minimum absolute atomic E-state index is 0.0722. The number of nitrogens with zero attached hydrogens (tertiary/aromatic N) is 6. The van der Waals surface area contributed by atoms with E-state index in [1.54, 1.807) is 10.6 Å². The van der Waals surface area contributed by atoms with Crippen molar-refractivity contribution in [3.05, 3.63) is 60.2 Å². The Morgan fingerprint density at radius 1 is 1.23 bits per heavy atom. The van der Waals surface area contributed by atoms with Crippen LogP contribution in [0.3, 0.4) is 0 Å². The number of rotatable bonds is 5. The molecule has 2 N–H and O–H groups in total. The Balaban J connectivity index is 0.00000112. The van der Waals surface area contributed by atoms with E-state index in [2.05, 4.69) is 25.4 Å². The van der Waals surface area contributed by atoms with Crippen molar-refractivity contribution in [1.82, 2.24) is 29.8 Å². The molecule has 0 aliphatic carbocycles. The number of aromatic nitrogens is 6. The summed E-state index contributed by atoms with van der Waals surface area (Å²) in [6, 6.07) is 11.7. The van der Waals surface area contributed by atoms with Gasteiger partial charge in [0.15, 0.2) is 17.4 Å². The standard InChI is InChI=1S/C20H20N8O.C2H6/c1-13(29)15-12-18(25-24-15)22-19-17-8-5-11-28(17)26-20(23-19)27-10-4-7-16(27)14-6-2-3-9-21-14;1-2/h2-3,5-6,8-9,11-12,16H,4,7,10H2,1H3,(H2,22,23,24,25,26);1-2H3. The molecule has 4 aromatic heterocycles. The number of anilines is 3. The number of hydrogen-bond acceptors (Lipinski definition) is 7. The lowest BCUT2D eigenvalue weighted by molar-refractivity contribution is 0.101. The van der Waals surface area contributed by atoms with Crippen molar-refractivity contribution in [3.63, 3.8) is 0 Å². The van der Waals surface area contributed by atoms with Gasteiger partial charge in [-0.2, -0.15) is 10.1 Å². The minimum atomic E-state index is -0.0722. The van der Waals surface area contributed by atoms with Gasteiger partial charge in [0.25, 0.3) is 0 Å². The van der Waals surface area contributed by atoms with Crippen molar-refractivity contribution < 1.29 is 4.79 Å². The molecule has 1 saturated heterocycles. The number of H-pyrrole nitrogens is 1. The zero-order chi connectivity index (χ0) is 21.8. The molecule has 0 saturated carbocycles. The van der Waals surface area contributed by atoms with Crippen LogP contribution in [0, 0.1) is 0 Å². The number of pyridine rings is 1. The van der Waals surface area contributed by atoms with Crippen molar-refractivity contribution in [2.45, 2.75) is 39.7 Å². The summed E-state index contributed by atoms with van der Waals surface area (Å²) >= 11 is 0. The molecule has 0 spiro atoms. The van der Waals surface area contributed by atoms with Crippen molar-refractivity contribution in [3.8, 4) is 0 Å². The number of Topliss-reactive ketones (excluding diaryl/α,β-unsaturated/α-hetero) is 1. The van der Waals surface area contributed by atoms with Crippen molar-refractivity contribution in [1.29, 1.82) is 0 Å². The molecule has 1 fully saturated rings. The zero-order valence-corrected chi connectivity index (χ0v) is 17.9. The highest BCUT2D eigenvalue weighted by Crippen LogP contribution is 2.34. The normalized spacial score (nSPS) is 15.6. The first-order chi connectivity index (χ1) is 15.2. The smallest absolute Gasteiger partial charge is 0.246 e. The molecule has 0 bridgehead atoms. The zero-order valence-electron chi connectivity index (χ0n) is 17.9. The van der Waals surface area contributed by atoms with Gasteiger partial charge in [-0.15, -0.1) is 5.10 Å². The van der Waals surface area contributed by atoms with E-state index in [0.29, 0.717) is 23.3 Å². The van der Waals surface area contributed by atoms with Crippen LogP contribution in [0.5, 0.6) is 0 Å². The largest absolute Gasteiger partial charge is 0.331 e. The number of aromatic amines is 1. The Bertz CT molecular complexity index is 1170. The molecular weight excluding hydrogens is 392 g/mol. The third-order valence-electron chi connectivity index (χ3n) is 5.12. The summed E-state index contributed by atoms with van der Waals surface area (Å²) in [6.07, 6.45) is 5.77. The minimum Gasteiger partial charge on any atom is -0.331 e. The van der Waals surface area contributed by atoms with Gasteiger partial charge in [0, 0.05) is 31.9 Å². The number of fused-ring (bicyclic) bond motifs is 1. The fraction of sp³-hybridized carbons (Fsp3) is 0.318. The summed E-state index contributed by atoms with van der Waals surface area (Å²) in [6.45, 7) is 6.36. The third kappa shape index (κ3) is 4.11. The summed E-state index contributed by atoms with van der Waals surface area (Å²) in [4.78, 5) is 23.1. The maximum atomic E-state index is 11.5. The van der Waals surface area contributed by atoms with Gasteiger partial charge >= 0.3 is 0 Å². The number of nitrogens with one attached hydrogen (secondary N) is 2. The van der Waals surface area contributed by atoms with Gasteiger partial charge < -0.3 is 10.2 Å².